The summed E-state index contributed by atoms with van der Waals surface area (Å²) >= 11 is 0. The molecule has 1 amide bonds. The van der Waals surface area contributed by atoms with E-state index in [2.05, 4.69) is 5.43 Å². The van der Waals surface area contributed by atoms with E-state index >= 15 is 0 Å². The second kappa shape index (κ2) is 4.75. The minimum Gasteiger partial charge on any atom is -0.464 e. The van der Waals surface area contributed by atoms with Gasteiger partial charge in [-0.1, -0.05) is 6.92 Å². The molecule has 0 rings (SSSR count). The third kappa shape index (κ3) is 3.85. The highest BCUT2D eigenvalue weighted by molar-refractivity contribution is 5.65. The molecule has 0 radical (unpaired) electrons. The monoisotopic (exact) mass is 146 g/mol. The van der Waals surface area contributed by atoms with Gasteiger partial charge in [0.05, 0.1) is 6.04 Å². The number of hydrogen-bond acceptors (Lipinski definition) is 3. The first kappa shape index (κ1) is 8.90. The highest BCUT2D eigenvalue weighted by atomic mass is 16.4. The molecule has 5 heteroatoms. The van der Waals surface area contributed by atoms with Gasteiger partial charge in [0, 0.05) is 0 Å². The van der Waals surface area contributed by atoms with Crippen LogP contribution in [0.15, 0.2) is 0 Å². The molecule has 1 atom stereocenters. The van der Waals surface area contributed by atoms with Gasteiger partial charge in [0.15, 0.2) is 0 Å². The van der Waals surface area contributed by atoms with Crippen molar-refractivity contribution in [2.75, 3.05) is 0 Å². The van der Waals surface area contributed by atoms with Gasteiger partial charge in [-0.15, -0.1) is 0 Å². The zero-order valence-corrected chi connectivity index (χ0v) is 5.63. The van der Waals surface area contributed by atoms with Gasteiger partial charge in [0.25, 0.3) is 0 Å². The molecule has 0 aromatic carbocycles. The Morgan fingerprint density at radius 3 is 2.70 bits per heavy atom. The van der Waals surface area contributed by atoms with Crippen molar-refractivity contribution in [3.05, 3.63) is 0 Å². The first-order valence-corrected chi connectivity index (χ1v) is 2.90. The summed E-state index contributed by atoms with van der Waals surface area (Å²) in [5, 5.41) is 8.06. The van der Waals surface area contributed by atoms with Gasteiger partial charge < -0.3 is 9.90 Å². The molecule has 58 valence electrons. The molecule has 5 nitrogen and oxygen atoms in total. The van der Waals surface area contributed by atoms with Crippen LogP contribution in [0.5, 0.6) is 0 Å². The Labute approximate surface area is 58.4 Å². The largest absolute Gasteiger partial charge is 0.464 e. The molecule has 10 heavy (non-hydrogen) atoms. The Kier molecular flexibility index (Phi) is 4.23. The lowest BCUT2D eigenvalue weighted by molar-refractivity contribution is -0.109. The average molecular weight is 146 g/mol. The number of aldehydes is 1. The molecular formula is C5H10N2O3. The Balaban J connectivity index is 3.44. The van der Waals surface area contributed by atoms with Crippen molar-refractivity contribution in [2.24, 2.45) is 0 Å². The standard InChI is InChI=1S/C5H10N2O3/c1-2-4(3-8)6-7-5(9)10/h3-4,6-7H,2H2,1H3,(H,9,10). The van der Waals surface area contributed by atoms with Crippen molar-refractivity contribution >= 4 is 12.4 Å². The summed E-state index contributed by atoms with van der Waals surface area (Å²) in [4.78, 5) is 19.9. The Hall–Kier alpha value is -1.10. The molecule has 0 aliphatic carbocycles. The van der Waals surface area contributed by atoms with Crippen LogP contribution in [0.4, 0.5) is 4.79 Å². The highest BCUT2D eigenvalue weighted by Crippen LogP contribution is 1.81. The van der Waals surface area contributed by atoms with Gasteiger partial charge in [-0.25, -0.2) is 10.2 Å². The van der Waals surface area contributed by atoms with E-state index in [4.69, 9.17) is 5.11 Å². The summed E-state index contributed by atoms with van der Waals surface area (Å²) in [6.07, 6.45) is 0.0139. The number of hydrogen-bond donors (Lipinski definition) is 3. The van der Waals surface area contributed by atoms with Gasteiger partial charge in [0.1, 0.15) is 6.29 Å². The number of nitrogens with one attached hydrogen (secondary N) is 2. The number of carboxylic acid groups (broad SMARTS) is 1. The molecule has 0 aliphatic rings. The molecule has 0 spiro atoms. The van der Waals surface area contributed by atoms with E-state index < -0.39 is 12.1 Å². The second-order valence-corrected chi connectivity index (χ2v) is 1.73. The summed E-state index contributed by atoms with van der Waals surface area (Å²) in [7, 11) is 0. The number of carbonyl (C=O) groups is 2. The van der Waals surface area contributed by atoms with Gasteiger partial charge in [-0.05, 0) is 6.42 Å². The third-order valence-corrected chi connectivity index (χ3v) is 0.969. The lowest BCUT2D eigenvalue weighted by Crippen LogP contribution is -2.44. The minimum atomic E-state index is -1.19. The fraction of sp³-hybridized carbons (Fsp3) is 0.600. The summed E-state index contributed by atoms with van der Waals surface area (Å²) < 4.78 is 0. The predicted molar refractivity (Wildman–Crippen MR) is 34.4 cm³/mol. The van der Waals surface area contributed by atoms with Crippen molar-refractivity contribution in [3.63, 3.8) is 0 Å². The van der Waals surface area contributed by atoms with Gasteiger partial charge in [0.2, 0.25) is 0 Å². The van der Waals surface area contributed by atoms with Crippen molar-refractivity contribution in [1.29, 1.82) is 0 Å². The maximum atomic E-state index is 10.1. The molecule has 0 aromatic heterocycles. The fourth-order valence-electron chi connectivity index (χ4n) is 0.387. The van der Waals surface area contributed by atoms with E-state index in [0.29, 0.717) is 12.7 Å². The van der Waals surface area contributed by atoms with Crippen molar-refractivity contribution in [3.8, 4) is 0 Å². The Morgan fingerprint density at radius 2 is 2.40 bits per heavy atom. The van der Waals surface area contributed by atoms with Crippen molar-refractivity contribution < 1.29 is 14.7 Å². The first-order chi connectivity index (χ1) is 4.70. The lowest BCUT2D eigenvalue weighted by atomic mass is 10.3. The van der Waals surface area contributed by atoms with Gasteiger partial charge in [-0.3, -0.25) is 5.43 Å². The summed E-state index contributed by atoms with van der Waals surface area (Å²) in [6.45, 7) is 1.77. The topological polar surface area (TPSA) is 78.4 Å². The molecular weight excluding hydrogens is 136 g/mol. The molecule has 0 saturated carbocycles. The number of hydrazine groups is 1. The molecule has 0 fully saturated rings. The number of rotatable bonds is 4. The third-order valence-electron chi connectivity index (χ3n) is 0.969. The molecule has 0 aromatic rings. The van der Waals surface area contributed by atoms with Gasteiger partial charge >= 0.3 is 6.09 Å². The smallest absolute Gasteiger partial charge is 0.419 e. The van der Waals surface area contributed by atoms with E-state index in [1.165, 1.54) is 0 Å². The molecule has 0 heterocycles. The second-order valence-electron chi connectivity index (χ2n) is 1.73. The van der Waals surface area contributed by atoms with E-state index in [1.807, 2.05) is 5.43 Å². The van der Waals surface area contributed by atoms with Crippen LogP contribution >= 0.6 is 0 Å². The Bertz CT molecular complexity index is 126. The Morgan fingerprint density at radius 1 is 1.80 bits per heavy atom. The van der Waals surface area contributed by atoms with Crippen LogP contribution in [0.3, 0.4) is 0 Å². The van der Waals surface area contributed by atoms with Crippen LogP contribution in [0, 0.1) is 0 Å². The summed E-state index contributed by atoms with van der Waals surface area (Å²) in [5.74, 6) is 0. The molecule has 0 aliphatic heterocycles. The van der Waals surface area contributed by atoms with Crippen LogP contribution in [0.25, 0.3) is 0 Å². The van der Waals surface area contributed by atoms with Crippen molar-refractivity contribution in [1.82, 2.24) is 10.9 Å². The van der Waals surface area contributed by atoms with Crippen molar-refractivity contribution in [2.45, 2.75) is 19.4 Å². The van der Waals surface area contributed by atoms with Crippen LogP contribution in [0.1, 0.15) is 13.3 Å². The van der Waals surface area contributed by atoms with E-state index in [1.54, 1.807) is 6.92 Å². The van der Waals surface area contributed by atoms with E-state index in [0.717, 1.165) is 0 Å². The van der Waals surface area contributed by atoms with Crippen LogP contribution in [-0.4, -0.2) is 23.5 Å². The fourth-order valence-corrected chi connectivity index (χ4v) is 0.387. The molecule has 0 bridgehead atoms. The zero-order chi connectivity index (χ0) is 7.98. The molecule has 0 saturated heterocycles. The number of carbonyl (C=O) groups excluding carboxylic acids is 1. The number of amides is 1. The van der Waals surface area contributed by atoms with E-state index in [9.17, 15) is 9.59 Å². The SMILES string of the molecule is CCC(C=O)NNC(=O)O. The lowest BCUT2D eigenvalue weighted by Gasteiger charge is -2.07. The van der Waals surface area contributed by atoms with Crippen LogP contribution < -0.4 is 10.9 Å². The maximum absolute atomic E-state index is 10.1. The minimum absolute atomic E-state index is 0.434. The maximum Gasteiger partial charge on any atom is 0.419 e. The summed E-state index contributed by atoms with van der Waals surface area (Å²) in [6, 6.07) is -0.434. The average Bonchev–Trinajstić information content (AvgIpc) is 1.90. The van der Waals surface area contributed by atoms with Crippen LogP contribution in [-0.2, 0) is 4.79 Å². The zero-order valence-electron chi connectivity index (χ0n) is 5.63. The highest BCUT2D eigenvalue weighted by Gasteiger charge is 2.02. The first-order valence-electron chi connectivity index (χ1n) is 2.90. The van der Waals surface area contributed by atoms with E-state index in [-0.39, 0.29) is 0 Å². The molecule has 1 unspecified atom stereocenters. The summed E-state index contributed by atoms with van der Waals surface area (Å²) in [5.41, 5.74) is 4.18. The molecule has 3 N–H and O–H groups in total. The van der Waals surface area contributed by atoms with Gasteiger partial charge in [-0.2, -0.15) is 0 Å². The van der Waals surface area contributed by atoms with Crippen LogP contribution in [0.2, 0.25) is 0 Å². The normalized spacial score (nSPS) is 12.1. The quantitative estimate of drug-likeness (QED) is 0.377. The predicted octanol–water partition coefficient (Wildman–Crippen LogP) is -0.264.